The summed E-state index contributed by atoms with van der Waals surface area (Å²) < 4.78 is 0. The topological polar surface area (TPSA) is 49.7 Å². The van der Waals surface area contributed by atoms with Crippen molar-refractivity contribution in [3.05, 3.63) is 11.1 Å². The Morgan fingerprint density at radius 1 is 1.56 bits per heavy atom. The predicted octanol–water partition coefficient (Wildman–Crippen LogP) is 2.81. The number of carboxylic acids is 1. The number of carbonyl (C=O) groups is 1. The highest BCUT2D eigenvalue weighted by Crippen LogP contribution is 2.37. The highest BCUT2D eigenvalue weighted by atomic mass is 16.4. The second-order valence-corrected chi connectivity index (χ2v) is 4.92. The molecular formula is C13H19NO2. The molecule has 16 heavy (non-hydrogen) atoms. The van der Waals surface area contributed by atoms with Crippen LogP contribution >= 0.6 is 0 Å². The van der Waals surface area contributed by atoms with E-state index in [0.717, 1.165) is 12.8 Å². The molecule has 2 aliphatic rings. The minimum atomic E-state index is -0.704. The predicted molar refractivity (Wildman–Crippen MR) is 63.8 cm³/mol. The highest BCUT2D eigenvalue weighted by molar-refractivity contribution is 6.06. The van der Waals surface area contributed by atoms with E-state index in [0.29, 0.717) is 5.92 Å². The molecule has 3 nitrogen and oxygen atoms in total. The average Bonchev–Trinajstić information content (AvgIpc) is 2.71. The van der Waals surface area contributed by atoms with Gasteiger partial charge in [-0.25, -0.2) is 0 Å². The molecule has 0 saturated heterocycles. The van der Waals surface area contributed by atoms with E-state index in [-0.39, 0.29) is 12.5 Å². The first-order valence-electron chi connectivity index (χ1n) is 6.09. The molecule has 1 fully saturated rings. The van der Waals surface area contributed by atoms with Crippen LogP contribution in [0, 0.1) is 5.92 Å². The zero-order valence-electron chi connectivity index (χ0n) is 9.99. The monoisotopic (exact) mass is 221 g/mol. The Balaban J connectivity index is 1.97. The molecule has 1 saturated carbocycles. The number of rotatable bonds is 4. The van der Waals surface area contributed by atoms with Gasteiger partial charge in [-0.15, -0.1) is 0 Å². The molecule has 0 aromatic heterocycles. The lowest BCUT2D eigenvalue weighted by Gasteiger charge is -2.09. The van der Waals surface area contributed by atoms with Gasteiger partial charge in [0, 0.05) is 12.1 Å². The van der Waals surface area contributed by atoms with Crippen LogP contribution in [0.4, 0.5) is 0 Å². The van der Waals surface area contributed by atoms with Gasteiger partial charge in [-0.05, 0) is 49.7 Å². The van der Waals surface area contributed by atoms with Crippen molar-refractivity contribution in [2.24, 2.45) is 10.9 Å². The van der Waals surface area contributed by atoms with Crippen molar-refractivity contribution < 1.29 is 9.90 Å². The minimum Gasteiger partial charge on any atom is -0.481 e. The summed E-state index contributed by atoms with van der Waals surface area (Å²) in [7, 11) is 0. The Labute approximate surface area is 96.3 Å². The van der Waals surface area contributed by atoms with Gasteiger partial charge < -0.3 is 5.11 Å². The fourth-order valence-electron chi connectivity index (χ4n) is 2.72. The fraction of sp³-hybridized carbons (Fsp3) is 0.692. The van der Waals surface area contributed by atoms with E-state index in [1.165, 1.54) is 29.7 Å². The quantitative estimate of drug-likeness (QED) is 0.793. The van der Waals surface area contributed by atoms with E-state index in [2.05, 4.69) is 13.8 Å². The molecule has 2 rings (SSSR count). The Bertz CT molecular complexity index is 368. The van der Waals surface area contributed by atoms with Crippen LogP contribution in [0.3, 0.4) is 0 Å². The van der Waals surface area contributed by atoms with Crippen molar-refractivity contribution in [1.29, 1.82) is 0 Å². The summed E-state index contributed by atoms with van der Waals surface area (Å²) in [6, 6.07) is 0.270. The Kier molecular flexibility index (Phi) is 3.13. The first-order valence-corrected chi connectivity index (χ1v) is 6.09. The van der Waals surface area contributed by atoms with Crippen molar-refractivity contribution in [2.45, 2.75) is 52.0 Å². The number of nitrogens with zero attached hydrogens (tertiary/aromatic N) is 1. The van der Waals surface area contributed by atoms with Crippen molar-refractivity contribution in [1.82, 2.24) is 0 Å². The van der Waals surface area contributed by atoms with Crippen LogP contribution in [0.1, 0.15) is 46.0 Å². The molecule has 2 atom stereocenters. The molecule has 0 amide bonds. The maximum Gasteiger partial charge on any atom is 0.303 e. The maximum atomic E-state index is 10.5. The van der Waals surface area contributed by atoms with Gasteiger partial charge in [0.1, 0.15) is 0 Å². The van der Waals surface area contributed by atoms with Crippen LogP contribution in [0.15, 0.2) is 16.1 Å². The van der Waals surface area contributed by atoms with Crippen LogP contribution in [-0.4, -0.2) is 22.8 Å². The van der Waals surface area contributed by atoms with Crippen LogP contribution in [-0.2, 0) is 4.79 Å². The molecule has 3 heteroatoms. The summed E-state index contributed by atoms with van der Waals surface area (Å²) in [5.41, 5.74) is 4.16. The third-order valence-electron chi connectivity index (χ3n) is 3.74. The first-order chi connectivity index (χ1) is 7.59. The summed E-state index contributed by atoms with van der Waals surface area (Å²) in [5, 5.41) is 8.61. The van der Waals surface area contributed by atoms with Crippen molar-refractivity contribution in [2.75, 3.05) is 0 Å². The number of fused-ring (bicyclic) bond motifs is 1. The summed E-state index contributed by atoms with van der Waals surface area (Å²) >= 11 is 0. The number of carboxylic acid groups (broad SMARTS) is 1. The van der Waals surface area contributed by atoms with E-state index >= 15 is 0 Å². The summed E-state index contributed by atoms with van der Waals surface area (Å²) in [4.78, 5) is 15.2. The van der Waals surface area contributed by atoms with Crippen LogP contribution in [0.5, 0.6) is 0 Å². The molecule has 0 aromatic carbocycles. The Hall–Kier alpha value is -1.12. The maximum absolute atomic E-state index is 10.5. The largest absolute Gasteiger partial charge is 0.481 e. The standard InChI is InChI=1S/C13H19NO2/c1-8-6-7-10-9(2)11(14-13(8)10)4-3-5-12(15)16/h8,11H,3-7H2,1-2H3,(H,15,16). The molecule has 0 spiro atoms. The van der Waals surface area contributed by atoms with Crippen LogP contribution < -0.4 is 0 Å². The number of hydrogen-bond donors (Lipinski definition) is 1. The van der Waals surface area contributed by atoms with Crippen molar-refractivity contribution in [3.63, 3.8) is 0 Å². The van der Waals surface area contributed by atoms with Crippen LogP contribution in [0.25, 0.3) is 0 Å². The second kappa shape index (κ2) is 4.40. The van der Waals surface area contributed by atoms with Gasteiger partial charge in [0.15, 0.2) is 0 Å². The number of hydrogen-bond acceptors (Lipinski definition) is 2. The lowest BCUT2D eigenvalue weighted by molar-refractivity contribution is -0.137. The van der Waals surface area contributed by atoms with Crippen molar-refractivity contribution >= 4 is 11.7 Å². The summed E-state index contributed by atoms with van der Waals surface area (Å²) in [5.74, 6) is -0.0982. The Morgan fingerprint density at radius 3 is 2.94 bits per heavy atom. The zero-order chi connectivity index (χ0) is 11.7. The summed E-state index contributed by atoms with van der Waals surface area (Å²) in [6.45, 7) is 4.40. The number of aliphatic imine (C=N–C) groups is 1. The lowest BCUT2D eigenvalue weighted by Crippen LogP contribution is -2.06. The first kappa shape index (κ1) is 11.4. The zero-order valence-corrected chi connectivity index (χ0v) is 9.99. The molecule has 2 unspecified atom stereocenters. The van der Waals surface area contributed by atoms with E-state index in [1.54, 1.807) is 0 Å². The van der Waals surface area contributed by atoms with Gasteiger partial charge >= 0.3 is 5.97 Å². The molecule has 1 N–H and O–H groups in total. The van der Waals surface area contributed by atoms with Gasteiger partial charge in [-0.2, -0.15) is 0 Å². The van der Waals surface area contributed by atoms with Gasteiger partial charge in [-0.3, -0.25) is 9.79 Å². The third kappa shape index (κ3) is 2.04. The highest BCUT2D eigenvalue weighted by Gasteiger charge is 2.32. The summed E-state index contributed by atoms with van der Waals surface area (Å²) in [6.07, 6.45) is 4.28. The molecule has 88 valence electrons. The second-order valence-electron chi connectivity index (χ2n) is 4.92. The fourth-order valence-corrected chi connectivity index (χ4v) is 2.72. The molecule has 0 aromatic rings. The number of allylic oxidation sites excluding steroid dienone is 1. The molecule has 1 aliphatic carbocycles. The normalized spacial score (nSPS) is 28.2. The van der Waals surface area contributed by atoms with Gasteiger partial charge in [0.25, 0.3) is 0 Å². The molecule has 0 radical (unpaired) electrons. The lowest BCUT2D eigenvalue weighted by atomic mass is 10.00. The third-order valence-corrected chi connectivity index (χ3v) is 3.74. The van der Waals surface area contributed by atoms with Crippen molar-refractivity contribution in [3.8, 4) is 0 Å². The minimum absolute atomic E-state index is 0.263. The SMILES string of the molecule is CC1=C2CCC(C)C2=NC1CCCC(=O)O. The van der Waals surface area contributed by atoms with E-state index in [4.69, 9.17) is 10.1 Å². The van der Waals surface area contributed by atoms with E-state index < -0.39 is 5.97 Å². The smallest absolute Gasteiger partial charge is 0.303 e. The Morgan fingerprint density at radius 2 is 2.31 bits per heavy atom. The molecular weight excluding hydrogens is 202 g/mol. The molecule has 0 bridgehead atoms. The van der Waals surface area contributed by atoms with Gasteiger partial charge in [0.05, 0.1) is 6.04 Å². The van der Waals surface area contributed by atoms with Gasteiger partial charge in [0.2, 0.25) is 0 Å². The van der Waals surface area contributed by atoms with E-state index in [9.17, 15) is 4.79 Å². The van der Waals surface area contributed by atoms with Crippen LogP contribution in [0.2, 0.25) is 0 Å². The molecule has 1 heterocycles. The average molecular weight is 221 g/mol. The van der Waals surface area contributed by atoms with Gasteiger partial charge in [-0.1, -0.05) is 6.92 Å². The van der Waals surface area contributed by atoms with E-state index in [1.807, 2.05) is 0 Å². The number of aliphatic carboxylic acids is 1. The molecule has 1 aliphatic heterocycles.